The van der Waals surface area contributed by atoms with E-state index in [1.165, 1.54) is 30.6 Å². The van der Waals surface area contributed by atoms with Gasteiger partial charge < -0.3 is 10.1 Å². The molecule has 4 nitrogen and oxygen atoms in total. The van der Waals surface area contributed by atoms with Gasteiger partial charge in [0.2, 0.25) is 0 Å². The van der Waals surface area contributed by atoms with Gasteiger partial charge in [0.1, 0.15) is 0 Å². The Morgan fingerprint density at radius 3 is 2.91 bits per heavy atom. The molecule has 3 atom stereocenters. The SMILES string of the molecule is O=C(COC(=O)C[C@H]1C[C@@H]2CC[C@@H]1C2)NCCc1cccs1. The summed E-state index contributed by atoms with van der Waals surface area (Å²) in [6.07, 6.45) is 6.38. The average molecular weight is 321 g/mol. The topological polar surface area (TPSA) is 55.4 Å². The number of thiophene rings is 1. The van der Waals surface area contributed by atoms with Crippen LogP contribution in [0.5, 0.6) is 0 Å². The first kappa shape index (κ1) is 15.5. The highest BCUT2D eigenvalue weighted by atomic mass is 32.1. The first-order valence-corrected chi connectivity index (χ1v) is 9.03. The number of carbonyl (C=O) groups excluding carboxylic acids is 2. The van der Waals surface area contributed by atoms with Crippen LogP contribution in [0.1, 0.15) is 37.0 Å². The van der Waals surface area contributed by atoms with Crippen LogP contribution in [-0.2, 0) is 20.7 Å². The summed E-state index contributed by atoms with van der Waals surface area (Å²) in [5.41, 5.74) is 0. The molecule has 1 aromatic rings. The lowest BCUT2D eigenvalue weighted by molar-refractivity contribution is -0.149. The van der Waals surface area contributed by atoms with Crippen LogP contribution in [0.4, 0.5) is 0 Å². The summed E-state index contributed by atoms with van der Waals surface area (Å²) in [4.78, 5) is 24.7. The minimum Gasteiger partial charge on any atom is -0.456 e. The van der Waals surface area contributed by atoms with Gasteiger partial charge in [0.05, 0.1) is 0 Å². The molecule has 2 aliphatic carbocycles. The van der Waals surface area contributed by atoms with E-state index in [0.29, 0.717) is 18.9 Å². The molecule has 2 saturated carbocycles. The van der Waals surface area contributed by atoms with E-state index in [0.717, 1.165) is 18.3 Å². The van der Waals surface area contributed by atoms with Crippen LogP contribution in [-0.4, -0.2) is 25.0 Å². The molecule has 5 heteroatoms. The van der Waals surface area contributed by atoms with E-state index >= 15 is 0 Å². The number of carbonyl (C=O) groups is 2. The van der Waals surface area contributed by atoms with Crippen LogP contribution >= 0.6 is 11.3 Å². The summed E-state index contributed by atoms with van der Waals surface area (Å²) in [5, 5.41) is 4.81. The van der Waals surface area contributed by atoms with Gasteiger partial charge in [-0.1, -0.05) is 12.5 Å². The Bertz CT molecular complexity index is 514. The number of esters is 1. The molecule has 3 rings (SSSR count). The minimum atomic E-state index is -0.217. The predicted molar refractivity (Wildman–Crippen MR) is 85.5 cm³/mol. The van der Waals surface area contributed by atoms with Crippen molar-refractivity contribution in [3.8, 4) is 0 Å². The third-order valence-corrected chi connectivity index (χ3v) is 5.89. The molecular weight excluding hydrogens is 298 g/mol. The van der Waals surface area contributed by atoms with Gasteiger partial charge in [0, 0.05) is 17.8 Å². The van der Waals surface area contributed by atoms with E-state index in [2.05, 4.69) is 5.32 Å². The Morgan fingerprint density at radius 1 is 1.32 bits per heavy atom. The second-order valence-corrected chi connectivity index (χ2v) is 7.51. The largest absolute Gasteiger partial charge is 0.456 e. The van der Waals surface area contributed by atoms with E-state index in [4.69, 9.17) is 4.74 Å². The highest BCUT2D eigenvalue weighted by Gasteiger charge is 2.40. The molecule has 1 N–H and O–H groups in total. The zero-order valence-corrected chi connectivity index (χ0v) is 13.6. The maximum absolute atomic E-state index is 11.8. The number of ether oxygens (including phenoxy) is 1. The molecule has 0 aliphatic heterocycles. The van der Waals surface area contributed by atoms with Crippen molar-refractivity contribution < 1.29 is 14.3 Å². The number of nitrogens with one attached hydrogen (secondary N) is 1. The summed E-state index contributed by atoms with van der Waals surface area (Å²) in [6.45, 7) is 0.438. The van der Waals surface area contributed by atoms with E-state index in [9.17, 15) is 9.59 Å². The van der Waals surface area contributed by atoms with Gasteiger partial charge in [0.25, 0.3) is 5.91 Å². The molecule has 2 aliphatic rings. The lowest BCUT2D eigenvalue weighted by Crippen LogP contribution is -2.30. The Kier molecular flexibility index (Phi) is 5.13. The normalized spacial score (nSPS) is 26.1. The third kappa shape index (κ3) is 4.09. The Balaban J connectivity index is 1.28. The molecule has 0 aromatic carbocycles. The summed E-state index contributed by atoms with van der Waals surface area (Å²) >= 11 is 1.68. The smallest absolute Gasteiger partial charge is 0.306 e. The summed E-state index contributed by atoms with van der Waals surface area (Å²) < 4.78 is 5.11. The number of rotatable bonds is 7. The molecule has 0 spiro atoms. The van der Waals surface area contributed by atoms with Crippen molar-refractivity contribution in [2.75, 3.05) is 13.2 Å². The molecule has 22 heavy (non-hydrogen) atoms. The van der Waals surface area contributed by atoms with Crippen LogP contribution in [0, 0.1) is 17.8 Å². The molecule has 120 valence electrons. The number of hydrogen-bond acceptors (Lipinski definition) is 4. The summed E-state index contributed by atoms with van der Waals surface area (Å²) in [5.74, 6) is 1.62. The molecule has 1 heterocycles. The molecule has 0 radical (unpaired) electrons. The third-order valence-electron chi connectivity index (χ3n) is 4.95. The second-order valence-electron chi connectivity index (χ2n) is 6.48. The van der Waals surface area contributed by atoms with Crippen LogP contribution < -0.4 is 5.32 Å². The lowest BCUT2D eigenvalue weighted by Gasteiger charge is -2.20. The molecule has 2 bridgehead atoms. The number of amides is 1. The maximum Gasteiger partial charge on any atom is 0.306 e. The monoisotopic (exact) mass is 321 g/mol. The van der Waals surface area contributed by atoms with Gasteiger partial charge in [-0.25, -0.2) is 0 Å². The van der Waals surface area contributed by atoms with Crippen molar-refractivity contribution in [1.82, 2.24) is 5.32 Å². The fraction of sp³-hybridized carbons (Fsp3) is 0.647. The van der Waals surface area contributed by atoms with E-state index in [1.807, 2.05) is 17.5 Å². The first-order valence-electron chi connectivity index (χ1n) is 8.15. The van der Waals surface area contributed by atoms with E-state index in [-0.39, 0.29) is 18.5 Å². The van der Waals surface area contributed by atoms with Crippen molar-refractivity contribution in [2.45, 2.75) is 38.5 Å². The van der Waals surface area contributed by atoms with E-state index in [1.54, 1.807) is 11.3 Å². The highest BCUT2D eigenvalue weighted by Crippen LogP contribution is 2.49. The maximum atomic E-state index is 11.8. The van der Waals surface area contributed by atoms with Crippen molar-refractivity contribution in [3.63, 3.8) is 0 Å². The Labute approximate surface area is 135 Å². The number of fused-ring (bicyclic) bond motifs is 2. The molecule has 0 saturated heterocycles. The van der Waals surface area contributed by atoms with Crippen LogP contribution in [0.25, 0.3) is 0 Å². The fourth-order valence-electron chi connectivity index (χ4n) is 3.88. The van der Waals surface area contributed by atoms with Gasteiger partial charge in [-0.2, -0.15) is 0 Å². The fourth-order valence-corrected chi connectivity index (χ4v) is 4.59. The van der Waals surface area contributed by atoms with Crippen molar-refractivity contribution in [1.29, 1.82) is 0 Å². The zero-order chi connectivity index (χ0) is 15.4. The van der Waals surface area contributed by atoms with Crippen molar-refractivity contribution in [3.05, 3.63) is 22.4 Å². The standard InChI is InChI=1S/C17H23NO3S/c19-16(18-6-5-15-2-1-7-22-15)11-21-17(20)10-14-9-12-3-4-13(14)8-12/h1-2,7,12-14H,3-6,8-11H2,(H,18,19)/t12-,13-,14-/m1/s1. The highest BCUT2D eigenvalue weighted by molar-refractivity contribution is 7.09. The molecule has 2 fully saturated rings. The van der Waals surface area contributed by atoms with Crippen LogP contribution in [0.2, 0.25) is 0 Å². The molecule has 1 amide bonds. The first-order chi connectivity index (χ1) is 10.7. The van der Waals surface area contributed by atoms with Gasteiger partial charge in [-0.3, -0.25) is 9.59 Å². The molecule has 0 unspecified atom stereocenters. The minimum absolute atomic E-state index is 0.149. The summed E-state index contributed by atoms with van der Waals surface area (Å²) in [7, 11) is 0. The van der Waals surface area contributed by atoms with Gasteiger partial charge in [-0.15, -0.1) is 11.3 Å². The quantitative estimate of drug-likeness (QED) is 0.786. The Morgan fingerprint density at radius 2 is 2.23 bits per heavy atom. The zero-order valence-electron chi connectivity index (χ0n) is 12.8. The van der Waals surface area contributed by atoms with Crippen molar-refractivity contribution in [2.24, 2.45) is 17.8 Å². The second kappa shape index (κ2) is 7.27. The van der Waals surface area contributed by atoms with Gasteiger partial charge in [-0.05, 0) is 54.9 Å². The van der Waals surface area contributed by atoms with Gasteiger partial charge >= 0.3 is 5.97 Å². The Hall–Kier alpha value is -1.36. The molecule has 1 aromatic heterocycles. The molecular formula is C17H23NO3S. The van der Waals surface area contributed by atoms with E-state index < -0.39 is 0 Å². The number of hydrogen-bond donors (Lipinski definition) is 1. The van der Waals surface area contributed by atoms with Crippen LogP contribution in [0.3, 0.4) is 0 Å². The lowest BCUT2D eigenvalue weighted by atomic mass is 9.86. The van der Waals surface area contributed by atoms with Crippen molar-refractivity contribution >= 4 is 23.2 Å². The van der Waals surface area contributed by atoms with Crippen LogP contribution in [0.15, 0.2) is 17.5 Å². The average Bonchev–Trinajstić information content (AvgIpc) is 3.22. The van der Waals surface area contributed by atoms with Gasteiger partial charge in [0.15, 0.2) is 6.61 Å². The predicted octanol–water partition coefficient (Wildman–Crippen LogP) is 2.78. The summed E-state index contributed by atoms with van der Waals surface area (Å²) in [6, 6.07) is 4.05.